The lowest BCUT2D eigenvalue weighted by atomic mass is 10.0. The highest BCUT2D eigenvalue weighted by Gasteiger charge is 2.52. The summed E-state index contributed by atoms with van der Waals surface area (Å²) in [6, 6.07) is 0.273. The van der Waals surface area contributed by atoms with E-state index in [9.17, 15) is 13.2 Å². The van der Waals surface area contributed by atoms with E-state index in [-0.39, 0.29) is 23.8 Å². The number of piperazine rings is 1. The van der Waals surface area contributed by atoms with Gasteiger partial charge in [-0.3, -0.25) is 9.80 Å². The highest BCUT2D eigenvalue weighted by atomic mass is 19.4. The third-order valence-electron chi connectivity index (χ3n) is 4.71. The summed E-state index contributed by atoms with van der Waals surface area (Å²) in [4.78, 5) is 4.24. The van der Waals surface area contributed by atoms with Gasteiger partial charge in [0.15, 0.2) is 0 Å². The molecule has 0 amide bonds. The van der Waals surface area contributed by atoms with Gasteiger partial charge < -0.3 is 5.73 Å². The molecule has 2 fully saturated rings. The molecule has 0 bridgehead atoms. The van der Waals surface area contributed by atoms with Crippen LogP contribution in [-0.2, 0) is 0 Å². The van der Waals surface area contributed by atoms with E-state index in [0.29, 0.717) is 13.1 Å². The van der Waals surface area contributed by atoms with Crippen LogP contribution >= 0.6 is 0 Å². The van der Waals surface area contributed by atoms with Gasteiger partial charge in [0.05, 0.1) is 0 Å². The van der Waals surface area contributed by atoms with Crippen LogP contribution in [0.15, 0.2) is 23.4 Å². The van der Waals surface area contributed by atoms with Crippen LogP contribution in [-0.4, -0.2) is 54.2 Å². The first-order valence-electron chi connectivity index (χ1n) is 7.33. The first-order valence-corrected chi connectivity index (χ1v) is 7.33. The second kappa shape index (κ2) is 5.65. The molecule has 1 aliphatic carbocycles. The van der Waals surface area contributed by atoms with Gasteiger partial charge in [-0.05, 0) is 39.8 Å². The number of allylic oxidation sites excluding steroid dienone is 2. The van der Waals surface area contributed by atoms with Crippen molar-refractivity contribution in [3.63, 3.8) is 0 Å². The topological polar surface area (TPSA) is 32.5 Å². The molecule has 3 nitrogen and oxygen atoms in total. The Morgan fingerprint density at radius 2 is 2.00 bits per heavy atom. The molecular weight excluding hydrogens is 279 g/mol. The van der Waals surface area contributed by atoms with Crippen LogP contribution < -0.4 is 5.73 Å². The van der Waals surface area contributed by atoms with Crippen LogP contribution in [0.4, 0.5) is 13.2 Å². The minimum Gasteiger partial charge on any atom is -0.399 e. The maximum atomic E-state index is 13.2. The molecule has 2 rings (SSSR count). The molecule has 1 saturated carbocycles. The van der Waals surface area contributed by atoms with Gasteiger partial charge in [0.1, 0.15) is 0 Å². The van der Waals surface area contributed by atoms with Crippen LogP contribution in [0.5, 0.6) is 0 Å². The summed E-state index contributed by atoms with van der Waals surface area (Å²) < 4.78 is 39.5. The number of nitrogens with two attached hydrogens (primary N) is 1. The van der Waals surface area contributed by atoms with Crippen molar-refractivity contribution in [2.75, 3.05) is 26.7 Å². The van der Waals surface area contributed by atoms with Crippen molar-refractivity contribution in [1.82, 2.24) is 9.80 Å². The Morgan fingerprint density at radius 3 is 2.48 bits per heavy atom. The predicted octanol–water partition coefficient (Wildman–Crippen LogP) is 2.51. The number of hydrogen-bond acceptors (Lipinski definition) is 3. The molecule has 1 spiro atoms. The summed E-state index contributed by atoms with van der Waals surface area (Å²) in [6.07, 6.45) is 0.360. The number of halogens is 3. The monoisotopic (exact) mass is 303 g/mol. The van der Waals surface area contributed by atoms with Crippen molar-refractivity contribution in [3.05, 3.63) is 23.4 Å². The standard InChI is InChI=1S/C15H24F3N3/c1-4-13(19)7-12(15(16,17)18)9-21-8-11(2)20(3)14(10-21)5-6-14/h4,7,11H,5-6,8-10,19H2,1-3H3/b12-7+,13-4+. The molecule has 120 valence electrons. The Kier molecular flexibility index (Phi) is 4.40. The zero-order chi connectivity index (χ0) is 15.8. The van der Waals surface area contributed by atoms with Gasteiger partial charge >= 0.3 is 6.18 Å². The molecule has 0 aromatic rings. The van der Waals surface area contributed by atoms with E-state index in [2.05, 4.69) is 18.9 Å². The number of rotatable bonds is 3. The Bertz CT molecular complexity index is 450. The predicted molar refractivity (Wildman–Crippen MR) is 77.7 cm³/mol. The molecule has 1 unspecified atom stereocenters. The van der Waals surface area contributed by atoms with Crippen LogP contribution in [0, 0.1) is 0 Å². The quantitative estimate of drug-likeness (QED) is 0.813. The third-order valence-corrected chi connectivity index (χ3v) is 4.71. The fourth-order valence-electron chi connectivity index (χ4n) is 3.07. The molecule has 0 radical (unpaired) electrons. The van der Waals surface area contributed by atoms with Crippen molar-refractivity contribution >= 4 is 0 Å². The Labute approximate surface area is 124 Å². The molecule has 6 heteroatoms. The van der Waals surface area contributed by atoms with E-state index >= 15 is 0 Å². The highest BCUT2D eigenvalue weighted by molar-refractivity contribution is 5.25. The van der Waals surface area contributed by atoms with Crippen molar-refractivity contribution in [2.24, 2.45) is 5.73 Å². The average Bonchev–Trinajstić information content (AvgIpc) is 3.14. The second-order valence-corrected chi connectivity index (χ2v) is 6.31. The largest absolute Gasteiger partial charge is 0.414 e. The normalized spacial score (nSPS) is 28.2. The Morgan fingerprint density at radius 1 is 1.38 bits per heavy atom. The third kappa shape index (κ3) is 3.61. The summed E-state index contributed by atoms with van der Waals surface area (Å²) in [6.45, 7) is 4.98. The molecule has 1 atom stereocenters. The van der Waals surface area contributed by atoms with Crippen LogP contribution in [0.1, 0.15) is 26.7 Å². The van der Waals surface area contributed by atoms with Crippen molar-refractivity contribution in [1.29, 1.82) is 0 Å². The number of alkyl halides is 3. The number of likely N-dealkylation sites (N-methyl/N-ethyl adjacent to an activating group) is 1. The van der Waals surface area contributed by atoms with Gasteiger partial charge in [0.25, 0.3) is 0 Å². The van der Waals surface area contributed by atoms with Gasteiger partial charge in [-0.25, -0.2) is 0 Å². The maximum absolute atomic E-state index is 13.2. The fourth-order valence-corrected chi connectivity index (χ4v) is 3.07. The first kappa shape index (κ1) is 16.4. The molecule has 1 heterocycles. The number of nitrogens with zero attached hydrogens (tertiary/aromatic N) is 2. The summed E-state index contributed by atoms with van der Waals surface area (Å²) in [5.74, 6) is 0. The van der Waals surface area contributed by atoms with E-state index < -0.39 is 11.7 Å². The Balaban J connectivity index is 2.13. The van der Waals surface area contributed by atoms with Crippen molar-refractivity contribution < 1.29 is 13.2 Å². The molecular formula is C15H24F3N3. The molecule has 0 aromatic heterocycles. The van der Waals surface area contributed by atoms with Gasteiger partial charge in [0.2, 0.25) is 0 Å². The van der Waals surface area contributed by atoms with E-state index in [0.717, 1.165) is 18.9 Å². The summed E-state index contributed by atoms with van der Waals surface area (Å²) in [5, 5.41) is 0. The summed E-state index contributed by atoms with van der Waals surface area (Å²) >= 11 is 0. The van der Waals surface area contributed by atoms with E-state index in [1.807, 2.05) is 4.90 Å². The second-order valence-electron chi connectivity index (χ2n) is 6.31. The lowest BCUT2D eigenvalue weighted by Gasteiger charge is -2.45. The smallest absolute Gasteiger partial charge is 0.399 e. The minimum atomic E-state index is -4.34. The zero-order valence-corrected chi connectivity index (χ0v) is 12.9. The van der Waals surface area contributed by atoms with Gasteiger partial charge in [-0.15, -0.1) is 0 Å². The molecule has 0 aromatic carbocycles. The fraction of sp³-hybridized carbons (Fsp3) is 0.733. The lowest BCUT2D eigenvalue weighted by molar-refractivity contribution is -0.0979. The molecule has 2 aliphatic rings. The van der Waals surface area contributed by atoms with Crippen LogP contribution in [0.2, 0.25) is 0 Å². The van der Waals surface area contributed by atoms with E-state index in [1.54, 1.807) is 6.92 Å². The van der Waals surface area contributed by atoms with Crippen molar-refractivity contribution in [2.45, 2.75) is 44.4 Å². The van der Waals surface area contributed by atoms with Crippen LogP contribution in [0.25, 0.3) is 0 Å². The van der Waals surface area contributed by atoms with Gasteiger partial charge in [0, 0.05) is 42.5 Å². The maximum Gasteiger partial charge on any atom is 0.414 e. The average molecular weight is 303 g/mol. The van der Waals surface area contributed by atoms with Crippen molar-refractivity contribution in [3.8, 4) is 0 Å². The molecule has 1 aliphatic heterocycles. The van der Waals surface area contributed by atoms with E-state index in [4.69, 9.17) is 5.73 Å². The van der Waals surface area contributed by atoms with Gasteiger partial charge in [-0.2, -0.15) is 13.2 Å². The Hall–Kier alpha value is -1.01. The zero-order valence-electron chi connectivity index (χ0n) is 12.9. The lowest BCUT2D eigenvalue weighted by Crippen LogP contribution is -2.58. The summed E-state index contributed by atoms with van der Waals surface area (Å²) in [5.41, 5.74) is 5.24. The molecule has 2 N–H and O–H groups in total. The van der Waals surface area contributed by atoms with Gasteiger partial charge in [-0.1, -0.05) is 6.08 Å². The molecule has 21 heavy (non-hydrogen) atoms. The first-order chi connectivity index (χ1) is 9.68. The van der Waals surface area contributed by atoms with Crippen LogP contribution in [0.3, 0.4) is 0 Å². The minimum absolute atomic E-state index is 0.0853. The number of hydrogen-bond donors (Lipinski definition) is 1. The molecule has 1 saturated heterocycles. The highest BCUT2D eigenvalue weighted by Crippen LogP contribution is 2.45. The van der Waals surface area contributed by atoms with E-state index in [1.165, 1.54) is 6.08 Å². The summed E-state index contributed by atoms with van der Waals surface area (Å²) in [7, 11) is 2.08. The SMILES string of the molecule is C/C=C(N)\C=C(/CN1CC(C)N(C)C2(CC2)C1)C(F)(F)F.